The number of carbonyl (C=O) groups excluding carboxylic acids is 5. The second-order valence-electron chi connectivity index (χ2n) is 8.46. The van der Waals surface area contributed by atoms with Crippen molar-refractivity contribution in [1.29, 1.82) is 0 Å². The minimum atomic E-state index is -1.41. The van der Waals surface area contributed by atoms with Crippen LogP contribution in [-0.2, 0) is 35.2 Å². The van der Waals surface area contributed by atoms with Crippen LogP contribution in [0.5, 0.6) is 5.75 Å². The summed E-state index contributed by atoms with van der Waals surface area (Å²) in [5, 5.41) is 26.2. The van der Waals surface area contributed by atoms with Gasteiger partial charge in [-0.05, 0) is 42.5 Å². The van der Waals surface area contributed by atoms with E-state index in [-0.39, 0.29) is 31.4 Å². The summed E-state index contributed by atoms with van der Waals surface area (Å²) in [4.78, 5) is 72.4. The number of nitrogens with one attached hydrogen (secondary N) is 3. The third kappa shape index (κ3) is 11.9. The SMILES string of the molecule is CSCCC(NC(=O)C(Cc1ccc(O)cc1)NC(=O)C(N)CC(N)=O)C(=O)NC(CCC(N)=O)C(=O)O. The molecule has 5 amide bonds. The average molecular weight is 555 g/mol. The molecular formula is C23H34N6O8S. The maximum Gasteiger partial charge on any atom is 0.326 e. The van der Waals surface area contributed by atoms with Crippen LogP contribution in [0.3, 0.4) is 0 Å². The van der Waals surface area contributed by atoms with E-state index in [0.29, 0.717) is 11.3 Å². The molecule has 0 aliphatic heterocycles. The summed E-state index contributed by atoms with van der Waals surface area (Å²) in [6.07, 6.45) is 0.871. The summed E-state index contributed by atoms with van der Waals surface area (Å²) < 4.78 is 0. The first-order chi connectivity index (χ1) is 17.8. The molecular weight excluding hydrogens is 520 g/mol. The zero-order valence-corrected chi connectivity index (χ0v) is 21.7. The number of aliphatic carboxylic acids is 1. The average Bonchev–Trinajstić information content (AvgIpc) is 2.83. The zero-order valence-electron chi connectivity index (χ0n) is 20.8. The molecule has 0 bridgehead atoms. The van der Waals surface area contributed by atoms with Crippen LogP contribution in [0.4, 0.5) is 0 Å². The first-order valence-electron chi connectivity index (χ1n) is 11.6. The van der Waals surface area contributed by atoms with Crippen LogP contribution >= 0.6 is 11.8 Å². The summed E-state index contributed by atoms with van der Waals surface area (Å²) in [6, 6.07) is 0.668. The number of carboxylic acid groups (broad SMARTS) is 1. The smallest absolute Gasteiger partial charge is 0.326 e. The maximum absolute atomic E-state index is 13.2. The molecule has 1 aromatic rings. The summed E-state index contributed by atoms with van der Waals surface area (Å²) in [6.45, 7) is 0. The van der Waals surface area contributed by atoms with Crippen molar-refractivity contribution in [2.24, 2.45) is 17.2 Å². The van der Waals surface area contributed by atoms with Crippen molar-refractivity contribution in [2.45, 2.75) is 56.3 Å². The van der Waals surface area contributed by atoms with E-state index in [9.17, 15) is 39.0 Å². The van der Waals surface area contributed by atoms with Gasteiger partial charge in [0.15, 0.2) is 0 Å². The quantitative estimate of drug-likeness (QED) is 0.102. The van der Waals surface area contributed by atoms with Gasteiger partial charge in [0.25, 0.3) is 0 Å². The first-order valence-corrected chi connectivity index (χ1v) is 13.0. The van der Waals surface area contributed by atoms with Crippen LogP contribution in [-0.4, -0.2) is 81.9 Å². The molecule has 4 atom stereocenters. The normalized spacial score (nSPS) is 13.8. The van der Waals surface area contributed by atoms with Crippen LogP contribution < -0.4 is 33.2 Å². The minimum Gasteiger partial charge on any atom is -0.508 e. The number of carbonyl (C=O) groups is 6. The summed E-state index contributed by atoms with van der Waals surface area (Å²) in [7, 11) is 0. The number of phenolic OH excluding ortho intramolecular Hbond substituents is 1. The topological polar surface area (TPSA) is 257 Å². The Bertz CT molecular complexity index is 1010. The second-order valence-corrected chi connectivity index (χ2v) is 9.44. The molecule has 0 heterocycles. The van der Waals surface area contributed by atoms with Crippen LogP contribution in [0.15, 0.2) is 24.3 Å². The highest BCUT2D eigenvalue weighted by Gasteiger charge is 2.30. The lowest BCUT2D eigenvalue weighted by Crippen LogP contribution is -2.58. The van der Waals surface area contributed by atoms with Crippen molar-refractivity contribution in [2.75, 3.05) is 12.0 Å². The molecule has 210 valence electrons. The molecule has 0 fully saturated rings. The number of primary amides is 2. The summed E-state index contributed by atoms with van der Waals surface area (Å²) >= 11 is 1.38. The van der Waals surface area contributed by atoms with Gasteiger partial charge in [-0.25, -0.2) is 4.79 Å². The van der Waals surface area contributed by atoms with E-state index in [4.69, 9.17) is 17.2 Å². The van der Waals surface area contributed by atoms with Crippen molar-refractivity contribution in [3.05, 3.63) is 29.8 Å². The number of amides is 5. The van der Waals surface area contributed by atoms with Crippen molar-refractivity contribution < 1.29 is 39.0 Å². The molecule has 0 aliphatic carbocycles. The molecule has 0 saturated carbocycles. The number of nitrogens with two attached hydrogens (primary N) is 3. The van der Waals surface area contributed by atoms with Crippen LogP contribution in [0.25, 0.3) is 0 Å². The molecule has 1 aromatic carbocycles. The molecule has 0 radical (unpaired) electrons. The van der Waals surface area contributed by atoms with E-state index in [0.717, 1.165) is 0 Å². The van der Waals surface area contributed by atoms with E-state index in [2.05, 4.69) is 16.0 Å². The van der Waals surface area contributed by atoms with E-state index >= 15 is 0 Å². The van der Waals surface area contributed by atoms with Crippen LogP contribution in [0.2, 0.25) is 0 Å². The third-order valence-corrected chi connectivity index (χ3v) is 5.95. The van der Waals surface area contributed by atoms with Gasteiger partial charge in [0.1, 0.15) is 23.9 Å². The summed E-state index contributed by atoms with van der Waals surface area (Å²) in [5.41, 5.74) is 16.4. The monoisotopic (exact) mass is 554 g/mol. The van der Waals surface area contributed by atoms with Gasteiger partial charge in [-0.1, -0.05) is 12.1 Å². The van der Waals surface area contributed by atoms with Gasteiger partial charge in [0, 0.05) is 12.8 Å². The van der Waals surface area contributed by atoms with Crippen molar-refractivity contribution >= 4 is 47.3 Å². The fourth-order valence-corrected chi connectivity index (χ4v) is 3.73. The Morgan fingerprint density at radius 3 is 1.92 bits per heavy atom. The van der Waals surface area contributed by atoms with Crippen LogP contribution in [0, 0.1) is 0 Å². The van der Waals surface area contributed by atoms with E-state index < -0.39 is 66.1 Å². The highest BCUT2D eigenvalue weighted by Crippen LogP contribution is 2.12. The molecule has 1 rings (SSSR count). The van der Waals surface area contributed by atoms with E-state index in [1.807, 2.05) is 0 Å². The molecule has 0 aliphatic rings. The molecule has 38 heavy (non-hydrogen) atoms. The molecule has 0 aromatic heterocycles. The van der Waals surface area contributed by atoms with Crippen molar-refractivity contribution in [3.63, 3.8) is 0 Å². The van der Waals surface area contributed by atoms with E-state index in [1.165, 1.54) is 36.0 Å². The molecule has 0 spiro atoms. The van der Waals surface area contributed by atoms with Crippen molar-refractivity contribution in [1.82, 2.24) is 16.0 Å². The fourth-order valence-electron chi connectivity index (χ4n) is 3.26. The Morgan fingerprint density at radius 1 is 0.842 bits per heavy atom. The lowest BCUT2D eigenvalue weighted by Gasteiger charge is -2.25. The number of phenols is 1. The van der Waals surface area contributed by atoms with E-state index in [1.54, 1.807) is 6.26 Å². The number of aromatic hydroxyl groups is 1. The lowest BCUT2D eigenvalue weighted by molar-refractivity contribution is -0.142. The zero-order chi connectivity index (χ0) is 28.8. The Hall–Kier alpha value is -3.85. The van der Waals surface area contributed by atoms with Gasteiger partial charge >= 0.3 is 5.97 Å². The number of thioether (sulfide) groups is 1. The molecule has 11 N–H and O–H groups in total. The van der Waals surface area contributed by atoms with Gasteiger partial charge in [-0.3, -0.25) is 24.0 Å². The van der Waals surface area contributed by atoms with Gasteiger partial charge in [0.2, 0.25) is 29.5 Å². The number of carboxylic acids is 1. The van der Waals surface area contributed by atoms with Gasteiger partial charge < -0.3 is 43.4 Å². The number of hydrogen-bond donors (Lipinski definition) is 8. The molecule has 14 nitrogen and oxygen atoms in total. The highest BCUT2D eigenvalue weighted by atomic mass is 32.2. The fraction of sp³-hybridized carbons (Fsp3) is 0.478. The largest absolute Gasteiger partial charge is 0.508 e. The maximum atomic E-state index is 13.2. The third-order valence-electron chi connectivity index (χ3n) is 5.30. The first kappa shape index (κ1) is 32.2. The molecule has 0 saturated heterocycles. The number of benzene rings is 1. The van der Waals surface area contributed by atoms with Gasteiger partial charge in [-0.2, -0.15) is 11.8 Å². The Labute approximate surface area is 223 Å². The standard InChI is InChI=1S/C23H34N6O8S/c1-38-9-8-15(21(34)28-16(23(36)37)6-7-18(25)31)27-22(35)17(10-12-2-4-13(30)5-3-12)29-20(33)14(24)11-19(26)32/h2-5,14-17,30H,6-11,24H2,1H3,(H2,25,31)(H2,26,32)(H,27,35)(H,28,34)(H,29,33)(H,36,37). The summed E-state index contributed by atoms with van der Waals surface area (Å²) in [5.74, 6) is -4.92. The Kier molecular flexibility index (Phi) is 13.6. The number of hydrogen-bond acceptors (Lipinski definition) is 9. The number of rotatable bonds is 17. The Balaban J connectivity index is 3.12. The predicted octanol–water partition coefficient (Wildman–Crippen LogP) is -2.30. The molecule has 4 unspecified atom stereocenters. The van der Waals surface area contributed by atoms with Gasteiger partial charge in [0.05, 0.1) is 12.5 Å². The highest BCUT2D eigenvalue weighted by molar-refractivity contribution is 7.98. The predicted molar refractivity (Wildman–Crippen MR) is 138 cm³/mol. The van der Waals surface area contributed by atoms with Crippen molar-refractivity contribution in [3.8, 4) is 5.75 Å². The molecule has 15 heteroatoms. The van der Waals surface area contributed by atoms with Crippen LogP contribution in [0.1, 0.15) is 31.2 Å². The lowest BCUT2D eigenvalue weighted by atomic mass is 10.0. The second kappa shape index (κ2) is 16.1. The van der Waals surface area contributed by atoms with Gasteiger partial charge in [-0.15, -0.1) is 0 Å². The Morgan fingerprint density at radius 2 is 1.39 bits per heavy atom. The minimum absolute atomic E-state index is 0.0135.